The second kappa shape index (κ2) is 6.88. The van der Waals surface area contributed by atoms with Gasteiger partial charge in [0.25, 0.3) is 5.92 Å². The Kier molecular flexibility index (Phi) is 4.91. The number of benzene rings is 1. The Morgan fingerprint density at radius 3 is 2.74 bits per heavy atom. The quantitative estimate of drug-likeness (QED) is 0.246. The maximum Gasteiger partial charge on any atom is 0.280 e. The summed E-state index contributed by atoms with van der Waals surface area (Å²) in [5, 5.41) is 6.02. The molecule has 2 rings (SSSR count). The third kappa shape index (κ3) is 4.27. The van der Waals surface area contributed by atoms with E-state index in [1.54, 1.807) is 6.07 Å². The highest BCUT2D eigenvalue weighted by Gasteiger charge is 2.33. The molecule has 0 unspecified atom stereocenters. The first-order valence-electron chi connectivity index (χ1n) is 6.62. The number of H-pyrrole nitrogens is 1. The first-order chi connectivity index (χ1) is 10.9. The van der Waals surface area contributed by atoms with Crippen LogP contribution in [0.1, 0.15) is 12.0 Å². The minimum absolute atomic E-state index is 0.203. The van der Waals surface area contributed by atoms with E-state index in [9.17, 15) is 13.6 Å². The molecule has 0 aliphatic carbocycles. The van der Waals surface area contributed by atoms with Crippen LogP contribution in [-0.4, -0.2) is 10.8 Å². The van der Waals surface area contributed by atoms with Gasteiger partial charge in [0, 0.05) is 29.6 Å². The molecule has 0 radical (unpaired) electrons. The number of anilines is 2. The van der Waals surface area contributed by atoms with Crippen LogP contribution in [0.4, 0.5) is 20.3 Å². The molecule has 0 bridgehead atoms. The van der Waals surface area contributed by atoms with Gasteiger partial charge in [-0.05, 0) is 12.1 Å². The summed E-state index contributed by atoms with van der Waals surface area (Å²) >= 11 is 0. The number of nitrogens with one attached hydrogen (secondary N) is 3. The van der Waals surface area contributed by atoms with Crippen LogP contribution in [0, 0.1) is 0 Å². The van der Waals surface area contributed by atoms with Crippen LogP contribution in [0.15, 0.2) is 52.5 Å². The van der Waals surface area contributed by atoms with E-state index in [2.05, 4.69) is 15.4 Å². The van der Waals surface area contributed by atoms with Crippen LogP contribution in [0.25, 0.3) is 0 Å². The van der Waals surface area contributed by atoms with E-state index in [1.165, 1.54) is 36.5 Å². The van der Waals surface area contributed by atoms with Gasteiger partial charge in [-0.1, -0.05) is 12.1 Å². The third-order valence-electron chi connectivity index (χ3n) is 3.05. The van der Waals surface area contributed by atoms with Crippen molar-refractivity contribution in [3.05, 3.63) is 58.4 Å². The average molecular weight is 322 g/mol. The number of aromatic nitrogens is 1. The Labute approximate surface area is 130 Å². The van der Waals surface area contributed by atoms with Crippen molar-refractivity contribution in [3.63, 3.8) is 0 Å². The Morgan fingerprint density at radius 1 is 1.30 bits per heavy atom. The van der Waals surface area contributed by atoms with Crippen LogP contribution in [-0.2, 0) is 5.92 Å². The molecule has 7 nitrogen and oxygen atoms in total. The van der Waals surface area contributed by atoms with Gasteiger partial charge in [0.05, 0.1) is 6.42 Å². The van der Waals surface area contributed by atoms with Gasteiger partial charge >= 0.3 is 0 Å². The van der Waals surface area contributed by atoms with Gasteiger partial charge in [-0.3, -0.25) is 4.79 Å². The van der Waals surface area contributed by atoms with E-state index in [-0.39, 0.29) is 16.8 Å². The predicted molar refractivity (Wildman–Crippen MR) is 84.2 cm³/mol. The van der Waals surface area contributed by atoms with Gasteiger partial charge in [-0.25, -0.2) is 14.6 Å². The molecule has 0 aliphatic heterocycles. The third-order valence-corrected chi connectivity index (χ3v) is 3.05. The molecule has 122 valence electrons. The van der Waals surface area contributed by atoms with E-state index < -0.39 is 12.3 Å². The number of amidine groups is 1. The summed E-state index contributed by atoms with van der Waals surface area (Å²) in [5.74, 6) is 7.01. The van der Waals surface area contributed by atoms with Crippen LogP contribution < -0.4 is 27.9 Å². The lowest BCUT2D eigenvalue weighted by atomic mass is 10.0. The van der Waals surface area contributed by atoms with E-state index in [1.807, 2.05) is 5.43 Å². The van der Waals surface area contributed by atoms with Crippen molar-refractivity contribution < 1.29 is 8.78 Å². The van der Waals surface area contributed by atoms with Crippen molar-refractivity contribution in [1.82, 2.24) is 10.4 Å². The number of aromatic amines is 1. The number of hydrazone groups is 1. The largest absolute Gasteiger partial charge is 0.348 e. The molecule has 9 heteroatoms. The molecule has 0 aliphatic rings. The molecular formula is C14H16F2N6O. The number of hydrogen-bond acceptors (Lipinski definition) is 5. The first kappa shape index (κ1) is 16.4. The van der Waals surface area contributed by atoms with Gasteiger partial charge in [-0.2, -0.15) is 5.10 Å². The maximum atomic E-state index is 14.2. The van der Waals surface area contributed by atoms with Gasteiger partial charge in [0.2, 0.25) is 0 Å². The van der Waals surface area contributed by atoms with Gasteiger partial charge in [-0.15, -0.1) is 0 Å². The fraction of sp³-hybridized carbons (Fsp3) is 0.143. The second-order valence-electron chi connectivity index (χ2n) is 4.75. The zero-order chi connectivity index (χ0) is 16.9. The van der Waals surface area contributed by atoms with Crippen molar-refractivity contribution in [2.75, 3.05) is 5.32 Å². The number of nitrogens with two attached hydrogens (primary N) is 2. The highest BCUT2D eigenvalue weighted by Crippen LogP contribution is 2.33. The van der Waals surface area contributed by atoms with Crippen LogP contribution in [0.3, 0.4) is 0 Å². The lowest BCUT2D eigenvalue weighted by Gasteiger charge is -2.18. The van der Waals surface area contributed by atoms with E-state index in [4.69, 9.17) is 11.7 Å². The number of halogens is 2. The fourth-order valence-corrected chi connectivity index (χ4v) is 1.94. The molecule has 23 heavy (non-hydrogen) atoms. The molecule has 0 saturated carbocycles. The van der Waals surface area contributed by atoms with Gasteiger partial charge < -0.3 is 21.6 Å². The molecule has 0 fully saturated rings. The lowest BCUT2D eigenvalue weighted by molar-refractivity contribution is 0.00311. The predicted octanol–water partition coefficient (Wildman–Crippen LogP) is 1.34. The van der Waals surface area contributed by atoms with Gasteiger partial charge in [0.1, 0.15) is 11.7 Å². The molecule has 7 N–H and O–H groups in total. The summed E-state index contributed by atoms with van der Waals surface area (Å²) in [6.07, 6.45) is 0.700. The maximum absolute atomic E-state index is 14.2. The van der Waals surface area contributed by atoms with Crippen LogP contribution in [0.5, 0.6) is 0 Å². The normalized spacial score (nSPS) is 12.0. The number of alkyl halides is 2. The Bertz CT molecular complexity index is 759. The molecular weight excluding hydrogens is 306 g/mol. The van der Waals surface area contributed by atoms with Crippen molar-refractivity contribution in [3.8, 4) is 0 Å². The minimum Gasteiger partial charge on any atom is -0.348 e. The molecule has 0 spiro atoms. The molecule has 2 aromatic rings. The first-order valence-corrected chi connectivity index (χ1v) is 6.62. The second-order valence-corrected chi connectivity index (χ2v) is 4.75. The zero-order valence-electron chi connectivity index (χ0n) is 12.0. The number of nitrogens with zero attached hydrogens (tertiary/aromatic N) is 1. The van der Waals surface area contributed by atoms with Crippen molar-refractivity contribution in [1.29, 1.82) is 0 Å². The summed E-state index contributed by atoms with van der Waals surface area (Å²) in [6.45, 7) is 0. The molecule has 0 atom stereocenters. The standard InChI is InChI=1S/C14H16F2N6O/c15-14(16,8-13(21-17)22-18)9-2-1-3-10(6-9)20-12-7-11(23)4-5-19-12/h1-7H,8,17-18H2,(H,21,22)(H2,19,20,23). The minimum atomic E-state index is -3.22. The van der Waals surface area contributed by atoms with Crippen LogP contribution in [0.2, 0.25) is 0 Å². The molecule has 1 heterocycles. The number of hydrogen-bond donors (Lipinski definition) is 5. The highest BCUT2D eigenvalue weighted by molar-refractivity contribution is 5.82. The molecule has 1 aromatic heterocycles. The van der Waals surface area contributed by atoms with E-state index in [0.29, 0.717) is 11.5 Å². The summed E-state index contributed by atoms with van der Waals surface area (Å²) in [4.78, 5) is 14.1. The van der Waals surface area contributed by atoms with Gasteiger partial charge in [0.15, 0.2) is 5.43 Å². The van der Waals surface area contributed by atoms with Crippen molar-refractivity contribution >= 4 is 17.3 Å². The van der Waals surface area contributed by atoms with E-state index in [0.717, 1.165) is 0 Å². The van der Waals surface area contributed by atoms with E-state index >= 15 is 0 Å². The number of pyridine rings is 1. The smallest absolute Gasteiger partial charge is 0.280 e. The molecule has 0 amide bonds. The summed E-state index contributed by atoms with van der Waals surface area (Å²) in [7, 11) is 0. The fourth-order valence-electron chi connectivity index (χ4n) is 1.94. The number of hydrazine groups is 1. The zero-order valence-corrected chi connectivity index (χ0v) is 12.0. The van der Waals surface area contributed by atoms with Crippen molar-refractivity contribution in [2.45, 2.75) is 12.3 Å². The summed E-state index contributed by atoms with van der Waals surface area (Å²) in [5.41, 5.74) is 1.99. The summed E-state index contributed by atoms with van der Waals surface area (Å²) in [6, 6.07) is 8.30. The lowest BCUT2D eigenvalue weighted by Crippen LogP contribution is -2.35. The Balaban J connectivity index is 2.23. The molecule has 0 saturated heterocycles. The number of rotatable bonds is 5. The van der Waals surface area contributed by atoms with Crippen LogP contribution >= 0.6 is 0 Å². The SMILES string of the molecule is N/N=C(/CC(F)(F)c1cccc(Nc2cc(=O)cc[nH]2)c1)NN. The van der Waals surface area contributed by atoms with Crippen molar-refractivity contribution in [2.24, 2.45) is 16.8 Å². The average Bonchev–Trinajstić information content (AvgIpc) is 2.53. The molecule has 1 aromatic carbocycles. The summed E-state index contributed by atoms with van der Waals surface area (Å²) < 4.78 is 28.5. The Morgan fingerprint density at radius 2 is 2.09 bits per heavy atom. The highest BCUT2D eigenvalue weighted by atomic mass is 19.3. The monoisotopic (exact) mass is 322 g/mol. The Hall–Kier alpha value is -2.94. The topological polar surface area (TPSA) is 121 Å².